The molecule has 3 aromatic heterocycles. The first-order valence-electron chi connectivity index (χ1n) is 5.17. The zero-order chi connectivity index (χ0) is 12.5. The average molecular weight is 306 g/mol. The van der Waals surface area contributed by atoms with Crippen LogP contribution in [-0.4, -0.2) is 10.1 Å². The highest BCUT2D eigenvalue weighted by Crippen LogP contribution is 2.37. The van der Waals surface area contributed by atoms with E-state index in [9.17, 15) is 0 Å². The molecule has 0 aliphatic rings. The fourth-order valence-corrected chi connectivity index (χ4v) is 2.00. The van der Waals surface area contributed by atoms with Crippen molar-refractivity contribution in [2.24, 2.45) is 0 Å². The molecule has 0 radical (unpaired) electrons. The molecule has 90 valence electrons. The molecule has 3 heterocycles. The zero-order valence-electron chi connectivity index (χ0n) is 9.13. The normalized spacial score (nSPS) is 10.7. The molecule has 18 heavy (non-hydrogen) atoms. The van der Waals surface area contributed by atoms with E-state index in [4.69, 9.17) is 14.7 Å². The van der Waals surface area contributed by atoms with Crippen LogP contribution in [0.3, 0.4) is 0 Å². The molecule has 3 rings (SSSR count). The minimum atomic E-state index is 0.311. The van der Waals surface area contributed by atoms with Crippen LogP contribution in [0, 0.1) is 0 Å². The van der Waals surface area contributed by atoms with E-state index in [1.165, 1.54) is 0 Å². The summed E-state index contributed by atoms with van der Waals surface area (Å²) >= 11 is 3.24. The summed E-state index contributed by atoms with van der Waals surface area (Å²) in [5.41, 5.74) is 7.35. The lowest BCUT2D eigenvalue weighted by Crippen LogP contribution is -1.88. The van der Waals surface area contributed by atoms with Crippen LogP contribution in [-0.2, 0) is 0 Å². The number of pyridine rings is 1. The molecule has 0 amide bonds. The first kappa shape index (κ1) is 11.0. The van der Waals surface area contributed by atoms with Gasteiger partial charge in [-0.1, -0.05) is 11.2 Å². The van der Waals surface area contributed by atoms with Crippen LogP contribution in [0.2, 0.25) is 0 Å². The van der Waals surface area contributed by atoms with Crippen molar-refractivity contribution in [2.75, 3.05) is 5.73 Å². The monoisotopic (exact) mass is 305 g/mol. The van der Waals surface area contributed by atoms with Crippen molar-refractivity contribution >= 4 is 21.7 Å². The molecular formula is C12H8BrN3O2. The summed E-state index contributed by atoms with van der Waals surface area (Å²) in [6.07, 6.45) is 3.39. The van der Waals surface area contributed by atoms with Gasteiger partial charge >= 0.3 is 0 Å². The van der Waals surface area contributed by atoms with Gasteiger partial charge in [0, 0.05) is 18.0 Å². The van der Waals surface area contributed by atoms with Gasteiger partial charge in [0.05, 0.1) is 5.56 Å². The van der Waals surface area contributed by atoms with Gasteiger partial charge in [0.1, 0.15) is 0 Å². The number of aromatic nitrogens is 2. The summed E-state index contributed by atoms with van der Waals surface area (Å²) < 4.78 is 11.3. The molecular weight excluding hydrogens is 298 g/mol. The van der Waals surface area contributed by atoms with E-state index < -0.39 is 0 Å². The second kappa shape index (κ2) is 4.30. The van der Waals surface area contributed by atoms with Crippen molar-refractivity contribution in [1.82, 2.24) is 10.1 Å². The highest BCUT2D eigenvalue weighted by atomic mass is 79.9. The Morgan fingerprint density at radius 1 is 1.22 bits per heavy atom. The number of nitrogens with zero attached hydrogens (tertiary/aromatic N) is 2. The van der Waals surface area contributed by atoms with Gasteiger partial charge in [-0.15, -0.1) is 0 Å². The van der Waals surface area contributed by atoms with Crippen molar-refractivity contribution in [3.8, 4) is 22.6 Å². The van der Waals surface area contributed by atoms with Gasteiger partial charge < -0.3 is 14.7 Å². The smallest absolute Gasteiger partial charge is 0.212 e. The minimum Gasteiger partial charge on any atom is -0.446 e. The number of furan rings is 1. The van der Waals surface area contributed by atoms with Gasteiger partial charge in [-0.25, -0.2) is 0 Å². The molecule has 0 spiro atoms. The lowest BCUT2D eigenvalue weighted by molar-refractivity contribution is 0.419. The number of anilines is 1. The standard InChI is InChI=1S/C12H8BrN3O2/c13-9-4-3-8(17-9)11-10(12(14)16-18-11)7-2-1-5-15-6-7/h1-6H,(H2,14,16). The Morgan fingerprint density at radius 3 is 2.78 bits per heavy atom. The van der Waals surface area contributed by atoms with Crippen molar-refractivity contribution in [3.63, 3.8) is 0 Å². The maximum Gasteiger partial charge on any atom is 0.212 e. The molecule has 0 bridgehead atoms. The fraction of sp³-hybridized carbons (Fsp3) is 0. The number of hydrogen-bond acceptors (Lipinski definition) is 5. The maximum atomic E-state index is 5.83. The summed E-state index contributed by atoms with van der Waals surface area (Å²) in [6.45, 7) is 0. The van der Waals surface area contributed by atoms with Crippen LogP contribution >= 0.6 is 15.9 Å². The largest absolute Gasteiger partial charge is 0.446 e. The summed E-state index contributed by atoms with van der Waals surface area (Å²) in [6, 6.07) is 7.27. The number of nitrogens with two attached hydrogens (primary N) is 1. The highest BCUT2D eigenvalue weighted by molar-refractivity contribution is 9.10. The van der Waals surface area contributed by atoms with Crippen LogP contribution in [0.4, 0.5) is 5.82 Å². The third-order valence-corrected chi connectivity index (χ3v) is 2.89. The van der Waals surface area contributed by atoms with Crippen molar-refractivity contribution in [1.29, 1.82) is 0 Å². The highest BCUT2D eigenvalue weighted by Gasteiger charge is 2.20. The predicted molar refractivity (Wildman–Crippen MR) is 69.5 cm³/mol. The Bertz CT molecular complexity index is 676. The Kier molecular flexibility index (Phi) is 2.64. The molecule has 0 aliphatic heterocycles. The summed E-state index contributed by atoms with van der Waals surface area (Å²) in [4.78, 5) is 4.06. The lowest BCUT2D eigenvalue weighted by Gasteiger charge is -1.99. The summed E-state index contributed by atoms with van der Waals surface area (Å²) in [5.74, 6) is 1.36. The summed E-state index contributed by atoms with van der Waals surface area (Å²) in [5, 5.41) is 3.78. The second-order valence-corrected chi connectivity index (χ2v) is 4.40. The molecule has 3 aromatic rings. The second-order valence-electron chi connectivity index (χ2n) is 3.62. The third-order valence-electron chi connectivity index (χ3n) is 2.47. The maximum absolute atomic E-state index is 5.83. The SMILES string of the molecule is Nc1noc(-c2ccc(Br)o2)c1-c1cccnc1. The van der Waals surface area contributed by atoms with E-state index in [0.717, 1.165) is 5.56 Å². The van der Waals surface area contributed by atoms with Gasteiger partial charge in [-0.05, 0) is 34.1 Å². The Morgan fingerprint density at radius 2 is 2.11 bits per heavy atom. The molecule has 0 saturated carbocycles. The van der Waals surface area contributed by atoms with Crippen LogP contribution < -0.4 is 5.73 Å². The van der Waals surface area contributed by atoms with Crippen LogP contribution in [0.15, 0.2) is 50.3 Å². The Labute approximate surface area is 111 Å². The first-order valence-corrected chi connectivity index (χ1v) is 5.96. The molecule has 6 heteroatoms. The van der Waals surface area contributed by atoms with E-state index >= 15 is 0 Å². The molecule has 0 fully saturated rings. The number of rotatable bonds is 2. The Balaban J connectivity index is 2.18. The molecule has 0 aliphatic carbocycles. The molecule has 0 unspecified atom stereocenters. The van der Waals surface area contributed by atoms with E-state index in [2.05, 4.69) is 26.1 Å². The van der Waals surface area contributed by atoms with Gasteiger partial charge in [0.25, 0.3) is 0 Å². The number of hydrogen-bond donors (Lipinski definition) is 1. The fourth-order valence-electron chi connectivity index (χ4n) is 1.70. The average Bonchev–Trinajstić information content (AvgIpc) is 2.96. The minimum absolute atomic E-state index is 0.311. The van der Waals surface area contributed by atoms with E-state index in [0.29, 0.717) is 27.6 Å². The van der Waals surface area contributed by atoms with Crippen LogP contribution in [0.25, 0.3) is 22.6 Å². The zero-order valence-corrected chi connectivity index (χ0v) is 10.7. The summed E-state index contributed by atoms with van der Waals surface area (Å²) in [7, 11) is 0. The van der Waals surface area contributed by atoms with Gasteiger partial charge in [-0.2, -0.15) is 0 Å². The molecule has 0 saturated heterocycles. The Hall–Kier alpha value is -2.08. The van der Waals surface area contributed by atoms with E-state index in [1.54, 1.807) is 24.5 Å². The van der Waals surface area contributed by atoms with E-state index in [-0.39, 0.29) is 0 Å². The van der Waals surface area contributed by atoms with Gasteiger partial charge in [-0.3, -0.25) is 4.98 Å². The topological polar surface area (TPSA) is 78.1 Å². The molecule has 0 atom stereocenters. The molecule has 0 aromatic carbocycles. The van der Waals surface area contributed by atoms with Crippen LogP contribution in [0.1, 0.15) is 0 Å². The number of halogens is 1. The van der Waals surface area contributed by atoms with Crippen molar-refractivity contribution < 1.29 is 8.94 Å². The quantitative estimate of drug-likeness (QED) is 0.785. The lowest BCUT2D eigenvalue weighted by atomic mass is 10.1. The van der Waals surface area contributed by atoms with Crippen molar-refractivity contribution in [3.05, 3.63) is 41.3 Å². The van der Waals surface area contributed by atoms with Gasteiger partial charge in [0.2, 0.25) is 5.76 Å². The van der Waals surface area contributed by atoms with E-state index in [1.807, 2.05) is 12.1 Å². The first-order chi connectivity index (χ1) is 8.75. The molecule has 5 nitrogen and oxygen atoms in total. The van der Waals surface area contributed by atoms with Crippen LogP contribution in [0.5, 0.6) is 0 Å². The van der Waals surface area contributed by atoms with Gasteiger partial charge in [0.15, 0.2) is 16.2 Å². The molecule has 2 N–H and O–H groups in total. The number of nitrogen functional groups attached to an aromatic ring is 1. The van der Waals surface area contributed by atoms with Crippen molar-refractivity contribution in [2.45, 2.75) is 0 Å². The third kappa shape index (κ3) is 1.80. The predicted octanol–water partition coefficient (Wildman–Crippen LogP) is 3.34.